The van der Waals surface area contributed by atoms with E-state index >= 15 is 0 Å². The Morgan fingerprint density at radius 1 is 1.14 bits per heavy atom. The first-order valence-electron chi connectivity index (χ1n) is 6.15. The molecule has 8 heteroatoms. The van der Waals surface area contributed by atoms with Crippen LogP contribution < -0.4 is 0 Å². The number of rotatable bonds is 4. The van der Waals surface area contributed by atoms with E-state index in [0.717, 1.165) is 0 Å². The maximum absolute atomic E-state index is 10.9. The molecule has 0 heterocycles. The minimum absolute atomic E-state index is 0.0714. The first kappa shape index (κ1) is 15.1. The quantitative estimate of drug-likeness (QED) is 0.528. The molecule has 0 radical (unpaired) electrons. The molecule has 8 nitrogen and oxygen atoms in total. The van der Waals surface area contributed by atoms with Gasteiger partial charge in [-0.25, -0.2) is 0 Å². The lowest BCUT2D eigenvalue weighted by atomic mass is 10.1. The fraction of sp³-hybridized carbons (Fsp3) is 0.0714. The average Bonchev–Trinajstić information content (AvgIpc) is 2.47. The maximum Gasteiger partial charge on any atom is 0.274 e. The van der Waals surface area contributed by atoms with Gasteiger partial charge in [0.15, 0.2) is 0 Å². The zero-order chi connectivity index (χ0) is 16.3. The molecule has 0 fully saturated rings. The largest absolute Gasteiger partial charge is 0.507 e. The summed E-state index contributed by atoms with van der Waals surface area (Å²) in [6.45, 7) is 1.55. The maximum atomic E-state index is 10.9. The Labute approximate surface area is 124 Å². The normalized spacial score (nSPS) is 10.8. The number of nitro benzene ring substituents is 2. The lowest BCUT2D eigenvalue weighted by Gasteiger charge is -2.02. The Morgan fingerprint density at radius 3 is 2.50 bits per heavy atom. The molecule has 0 spiro atoms. The van der Waals surface area contributed by atoms with Crippen LogP contribution >= 0.6 is 0 Å². The van der Waals surface area contributed by atoms with Crippen LogP contribution in [0.25, 0.3) is 0 Å². The van der Waals surface area contributed by atoms with Gasteiger partial charge >= 0.3 is 0 Å². The Kier molecular flexibility index (Phi) is 4.12. The third-order valence-corrected chi connectivity index (χ3v) is 3.04. The molecular weight excluding hydrogens is 290 g/mol. The topological polar surface area (TPSA) is 119 Å². The molecule has 22 heavy (non-hydrogen) atoms. The van der Waals surface area contributed by atoms with Crippen molar-refractivity contribution in [1.82, 2.24) is 0 Å². The summed E-state index contributed by atoms with van der Waals surface area (Å²) in [7, 11) is 0. The second-order valence-electron chi connectivity index (χ2n) is 4.44. The number of hydrogen-bond acceptors (Lipinski definition) is 6. The van der Waals surface area contributed by atoms with E-state index in [-0.39, 0.29) is 22.7 Å². The smallest absolute Gasteiger partial charge is 0.274 e. The van der Waals surface area contributed by atoms with Crippen molar-refractivity contribution in [3.05, 3.63) is 67.8 Å². The van der Waals surface area contributed by atoms with Crippen LogP contribution in [0.5, 0.6) is 5.75 Å². The Balaban J connectivity index is 2.41. The van der Waals surface area contributed by atoms with E-state index in [9.17, 15) is 25.3 Å². The molecule has 0 unspecified atom stereocenters. The van der Waals surface area contributed by atoms with Gasteiger partial charge in [0, 0.05) is 30.0 Å². The monoisotopic (exact) mass is 301 g/mol. The summed E-state index contributed by atoms with van der Waals surface area (Å²) in [5.74, 6) is -0.169. The SMILES string of the molecule is Cc1c(N=Cc2cc([N+](=O)[O-])ccc2O)cccc1[N+](=O)[O-]. The van der Waals surface area contributed by atoms with E-state index in [1.807, 2.05) is 0 Å². The number of benzene rings is 2. The van der Waals surface area contributed by atoms with E-state index < -0.39 is 9.85 Å². The highest BCUT2D eigenvalue weighted by Crippen LogP contribution is 2.28. The minimum Gasteiger partial charge on any atom is -0.507 e. The molecule has 0 amide bonds. The zero-order valence-corrected chi connectivity index (χ0v) is 11.5. The van der Waals surface area contributed by atoms with Gasteiger partial charge in [-0.15, -0.1) is 0 Å². The van der Waals surface area contributed by atoms with Crippen LogP contribution in [0.2, 0.25) is 0 Å². The van der Waals surface area contributed by atoms with Crippen LogP contribution in [-0.2, 0) is 0 Å². The van der Waals surface area contributed by atoms with Crippen molar-refractivity contribution in [2.24, 2.45) is 4.99 Å². The van der Waals surface area contributed by atoms with E-state index in [4.69, 9.17) is 0 Å². The van der Waals surface area contributed by atoms with Gasteiger partial charge in [-0.1, -0.05) is 6.07 Å². The molecule has 0 aliphatic carbocycles. The van der Waals surface area contributed by atoms with Crippen LogP contribution in [0.4, 0.5) is 17.1 Å². The van der Waals surface area contributed by atoms with Gasteiger partial charge in [0.05, 0.1) is 21.1 Å². The summed E-state index contributed by atoms with van der Waals surface area (Å²) in [5, 5.41) is 31.3. The molecule has 0 saturated heterocycles. The molecule has 0 aliphatic rings. The summed E-state index contributed by atoms with van der Waals surface area (Å²) < 4.78 is 0. The van der Waals surface area contributed by atoms with Crippen LogP contribution in [0.15, 0.2) is 41.4 Å². The molecule has 0 bridgehead atoms. The number of phenolic OH excluding ortho intramolecular Hbond substituents is 1. The van der Waals surface area contributed by atoms with Crippen LogP contribution in [0.1, 0.15) is 11.1 Å². The van der Waals surface area contributed by atoms with Crippen molar-refractivity contribution in [3.8, 4) is 5.75 Å². The zero-order valence-electron chi connectivity index (χ0n) is 11.5. The number of non-ortho nitro benzene ring substituents is 1. The van der Waals surface area contributed by atoms with Gasteiger partial charge in [-0.3, -0.25) is 25.2 Å². The number of phenols is 1. The number of nitro groups is 2. The molecule has 0 aliphatic heterocycles. The van der Waals surface area contributed by atoms with E-state index in [0.29, 0.717) is 11.3 Å². The van der Waals surface area contributed by atoms with Gasteiger partial charge in [-0.05, 0) is 19.1 Å². The second kappa shape index (κ2) is 6.00. The minimum atomic E-state index is -0.588. The molecule has 0 atom stereocenters. The number of aromatic hydroxyl groups is 1. The van der Waals surface area contributed by atoms with Crippen molar-refractivity contribution >= 4 is 23.3 Å². The summed E-state index contributed by atoms with van der Waals surface area (Å²) in [5.41, 5.74) is 0.613. The number of hydrogen-bond donors (Lipinski definition) is 1. The highest BCUT2D eigenvalue weighted by Gasteiger charge is 2.13. The third-order valence-electron chi connectivity index (χ3n) is 3.04. The van der Waals surface area contributed by atoms with E-state index in [2.05, 4.69) is 4.99 Å². The first-order valence-corrected chi connectivity index (χ1v) is 6.15. The standard InChI is InChI=1S/C14H11N3O5/c1-9-12(3-2-4-13(9)17(21)22)15-8-10-7-11(16(19)20)5-6-14(10)18/h2-8,18H,1H3. The van der Waals surface area contributed by atoms with Gasteiger partial charge in [0.2, 0.25) is 0 Å². The van der Waals surface area contributed by atoms with Gasteiger partial charge in [0.25, 0.3) is 11.4 Å². The fourth-order valence-electron chi connectivity index (χ4n) is 1.85. The summed E-state index contributed by atoms with van der Waals surface area (Å²) in [4.78, 5) is 24.5. The second-order valence-corrected chi connectivity index (χ2v) is 4.44. The van der Waals surface area contributed by atoms with Gasteiger partial charge in [-0.2, -0.15) is 0 Å². The Bertz CT molecular complexity index is 782. The molecule has 0 aromatic heterocycles. The van der Waals surface area contributed by atoms with Gasteiger partial charge in [0.1, 0.15) is 5.75 Å². The van der Waals surface area contributed by atoms with Crippen molar-refractivity contribution in [2.75, 3.05) is 0 Å². The van der Waals surface area contributed by atoms with Crippen LogP contribution in [0, 0.1) is 27.2 Å². The van der Waals surface area contributed by atoms with Crippen LogP contribution in [-0.4, -0.2) is 21.2 Å². The number of nitrogens with zero attached hydrogens (tertiary/aromatic N) is 3. The highest BCUT2D eigenvalue weighted by molar-refractivity contribution is 5.86. The molecule has 0 saturated carbocycles. The van der Waals surface area contributed by atoms with Crippen molar-refractivity contribution in [2.45, 2.75) is 6.92 Å². The molecule has 2 aromatic carbocycles. The van der Waals surface area contributed by atoms with Crippen molar-refractivity contribution in [3.63, 3.8) is 0 Å². The first-order chi connectivity index (χ1) is 10.4. The highest BCUT2D eigenvalue weighted by atomic mass is 16.6. The Hall–Kier alpha value is -3.29. The predicted molar refractivity (Wildman–Crippen MR) is 79.8 cm³/mol. The third kappa shape index (κ3) is 3.06. The summed E-state index contributed by atoms with van der Waals surface area (Å²) in [6.07, 6.45) is 1.23. The molecule has 1 N–H and O–H groups in total. The Morgan fingerprint density at radius 2 is 1.86 bits per heavy atom. The lowest BCUT2D eigenvalue weighted by Crippen LogP contribution is -1.92. The molecular formula is C14H11N3O5. The van der Waals surface area contributed by atoms with Crippen LogP contribution in [0.3, 0.4) is 0 Å². The van der Waals surface area contributed by atoms with E-state index in [1.165, 1.54) is 36.5 Å². The summed E-state index contributed by atoms with van der Waals surface area (Å²) >= 11 is 0. The van der Waals surface area contributed by atoms with Crippen molar-refractivity contribution in [1.29, 1.82) is 0 Å². The average molecular weight is 301 g/mol. The molecule has 112 valence electrons. The van der Waals surface area contributed by atoms with E-state index in [1.54, 1.807) is 13.0 Å². The summed E-state index contributed by atoms with van der Waals surface area (Å²) in [6, 6.07) is 7.97. The lowest BCUT2D eigenvalue weighted by molar-refractivity contribution is -0.385. The van der Waals surface area contributed by atoms with Gasteiger partial charge < -0.3 is 5.11 Å². The molecule has 2 rings (SSSR count). The number of aliphatic imine (C=N–C) groups is 1. The predicted octanol–water partition coefficient (Wildman–Crippen LogP) is 3.27. The fourth-order valence-corrected chi connectivity index (χ4v) is 1.85. The van der Waals surface area contributed by atoms with Crippen molar-refractivity contribution < 1.29 is 15.0 Å². The molecule has 2 aromatic rings.